The molecule has 0 bridgehead atoms. The zero-order valence-corrected chi connectivity index (χ0v) is 12.6. The van der Waals surface area contributed by atoms with E-state index >= 15 is 0 Å². The van der Waals surface area contributed by atoms with E-state index in [2.05, 4.69) is 9.41 Å². The van der Waals surface area contributed by atoms with Crippen LogP contribution in [0.15, 0.2) is 26.3 Å². The van der Waals surface area contributed by atoms with E-state index in [9.17, 15) is 35.1 Å². The summed E-state index contributed by atoms with van der Waals surface area (Å²) in [6.45, 7) is 2.36. The van der Waals surface area contributed by atoms with Crippen LogP contribution >= 0.6 is 0 Å². The molecule has 0 aliphatic carbocycles. The Bertz CT molecular complexity index is 903. The van der Waals surface area contributed by atoms with Gasteiger partial charge in [0.1, 0.15) is 16.9 Å². The first kappa shape index (κ1) is 16.9. The van der Waals surface area contributed by atoms with E-state index in [-0.39, 0.29) is 11.4 Å². The molecule has 5 N–H and O–H groups in total. The summed E-state index contributed by atoms with van der Waals surface area (Å²) in [6, 6.07) is 2.01. The molecule has 0 unspecified atom stereocenters. The summed E-state index contributed by atoms with van der Waals surface area (Å²) in [6.07, 6.45) is 0. The highest BCUT2D eigenvalue weighted by molar-refractivity contribution is 6.07. The summed E-state index contributed by atoms with van der Waals surface area (Å²) in [5, 5.41) is 47.7. The first-order chi connectivity index (χ1) is 11.1. The molecule has 0 saturated carbocycles. The van der Waals surface area contributed by atoms with Gasteiger partial charge in [-0.25, -0.2) is 4.79 Å². The minimum Gasteiger partial charge on any atom is -0.506 e. The molecule has 0 amide bonds. The number of Topliss-reactive ketones (excluding diaryl/α,β-unsaturated/α-hetero) is 1. The molecule has 1 heterocycles. The molecule has 126 valence electrons. The Balaban J connectivity index is 2.66. The number of aromatic hydroxyl groups is 5. The van der Waals surface area contributed by atoms with E-state index in [1.165, 1.54) is 6.92 Å². The van der Waals surface area contributed by atoms with Crippen LogP contribution in [0, 0.1) is 0 Å². The zero-order valence-electron chi connectivity index (χ0n) is 12.6. The number of carbonyl (C=O) groups excluding carboxylic acids is 1. The summed E-state index contributed by atoms with van der Waals surface area (Å²) in [5.41, 5.74) is -2.34. The van der Waals surface area contributed by atoms with Crippen LogP contribution in [0.4, 0.5) is 5.69 Å². The zero-order chi connectivity index (χ0) is 18.2. The molecule has 2 aromatic rings. The Labute approximate surface area is 134 Å². The quantitative estimate of drug-likeness (QED) is 0.320. The number of nitrogens with zero attached hydrogens (tertiary/aromatic N) is 1. The minimum atomic E-state index is -1.14. The number of ketones is 1. The van der Waals surface area contributed by atoms with Crippen molar-refractivity contribution >= 4 is 17.2 Å². The van der Waals surface area contributed by atoms with Crippen molar-refractivity contribution < 1.29 is 34.7 Å². The van der Waals surface area contributed by atoms with Crippen molar-refractivity contribution in [2.75, 3.05) is 0 Å². The second-order valence-corrected chi connectivity index (χ2v) is 4.88. The van der Waals surface area contributed by atoms with Crippen LogP contribution in [0.2, 0.25) is 0 Å². The number of carbonyl (C=O) groups is 1. The lowest BCUT2D eigenvalue weighted by molar-refractivity contribution is 0.100. The number of rotatable bonds is 3. The van der Waals surface area contributed by atoms with Gasteiger partial charge < -0.3 is 29.9 Å². The van der Waals surface area contributed by atoms with Gasteiger partial charge in [-0.1, -0.05) is 0 Å². The van der Waals surface area contributed by atoms with Gasteiger partial charge in [-0.05, 0) is 13.8 Å². The van der Waals surface area contributed by atoms with Crippen molar-refractivity contribution in [3.8, 4) is 28.9 Å². The Morgan fingerprint density at radius 2 is 1.50 bits per heavy atom. The van der Waals surface area contributed by atoms with Crippen molar-refractivity contribution in [3.05, 3.63) is 33.7 Å². The van der Waals surface area contributed by atoms with Gasteiger partial charge in [-0.2, -0.15) is 0 Å². The van der Waals surface area contributed by atoms with Crippen molar-refractivity contribution in [1.29, 1.82) is 0 Å². The Kier molecular flexibility index (Phi) is 4.19. The van der Waals surface area contributed by atoms with E-state index in [1.54, 1.807) is 0 Å². The second-order valence-electron chi connectivity index (χ2n) is 4.88. The molecular weight excluding hydrogens is 322 g/mol. The molecule has 0 aliphatic heterocycles. The lowest BCUT2D eigenvalue weighted by Crippen LogP contribution is -2.15. The molecular formula is C15H13NO8. The fourth-order valence-electron chi connectivity index (χ4n) is 2.05. The minimum absolute atomic E-state index is 0.0449. The number of aliphatic imine (C=N–C) groups is 1. The van der Waals surface area contributed by atoms with Gasteiger partial charge in [-0.3, -0.25) is 9.79 Å². The van der Waals surface area contributed by atoms with Gasteiger partial charge >= 0.3 is 5.63 Å². The lowest BCUT2D eigenvalue weighted by atomic mass is 10.1. The highest BCUT2D eigenvalue weighted by Gasteiger charge is 2.24. The molecule has 1 aromatic heterocycles. The standard InChI is InChI=1S/C15H13NO8/c1-5(16-7-3-8(18)12(20)9(19)4-7)10-13(21)11(6(2)17)15(23)24-14(10)22/h3-4,18-21,23H,1-2H3. The maximum Gasteiger partial charge on any atom is 0.351 e. The summed E-state index contributed by atoms with van der Waals surface area (Å²) in [4.78, 5) is 27.2. The number of phenols is 3. The van der Waals surface area contributed by atoms with Crippen LogP contribution in [0.1, 0.15) is 29.8 Å². The van der Waals surface area contributed by atoms with E-state index in [4.69, 9.17) is 0 Å². The fraction of sp³-hybridized carbons (Fsp3) is 0.133. The van der Waals surface area contributed by atoms with Gasteiger partial charge in [-0.15, -0.1) is 0 Å². The molecule has 0 spiro atoms. The van der Waals surface area contributed by atoms with Gasteiger partial charge in [0.25, 0.3) is 5.95 Å². The van der Waals surface area contributed by atoms with E-state index in [1.807, 2.05) is 0 Å². The van der Waals surface area contributed by atoms with E-state index in [0.717, 1.165) is 19.1 Å². The second kappa shape index (κ2) is 5.95. The molecule has 0 saturated heterocycles. The first-order valence-corrected chi connectivity index (χ1v) is 6.54. The topological polar surface area (TPSA) is 161 Å². The highest BCUT2D eigenvalue weighted by atomic mass is 16.5. The molecule has 1 aromatic carbocycles. The first-order valence-electron chi connectivity index (χ1n) is 6.54. The van der Waals surface area contributed by atoms with Gasteiger partial charge in [0.05, 0.1) is 11.4 Å². The smallest absolute Gasteiger partial charge is 0.351 e. The summed E-state index contributed by atoms with van der Waals surface area (Å²) in [7, 11) is 0. The lowest BCUT2D eigenvalue weighted by Gasteiger charge is -2.08. The molecule has 0 fully saturated rings. The van der Waals surface area contributed by atoms with E-state index < -0.39 is 51.5 Å². The summed E-state index contributed by atoms with van der Waals surface area (Å²) < 4.78 is 4.51. The molecule has 0 radical (unpaired) electrons. The van der Waals surface area contributed by atoms with Gasteiger partial charge in [0.2, 0.25) is 0 Å². The Hall–Kier alpha value is -3.49. The van der Waals surface area contributed by atoms with E-state index in [0.29, 0.717) is 0 Å². The van der Waals surface area contributed by atoms with Gasteiger partial charge in [0.15, 0.2) is 23.0 Å². The van der Waals surface area contributed by atoms with Crippen LogP contribution < -0.4 is 5.63 Å². The van der Waals surface area contributed by atoms with Gasteiger partial charge in [0, 0.05) is 12.1 Å². The molecule has 0 aliphatic rings. The highest BCUT2D eigenvalue weighted by Crippen LogP contribution is 2.38. The molecule has 24 heavy (non-hydrogen) atoms. The van der Waals surface area contributed by atoms with Crippen LogP contribution in [-0.2, 0) is 0 Å². The maximum atomic E-state index is 11.8. The number of phenolic OH excluding ortho intramolecular Hbond substituents is 3. The number of benzene rings is 1. The van der Waals surface area contributed by atoms with Crippen LogP contribution in [0.3, 0.4) is 0 Å². The summed E-state index contributed by atoms with van der Waals surface area (Å²) >= 11 is 0. The molecule has 0 atom stereocenters. The van der Waals surface area contributed by atoms with Crippen LogP contribution in [0.25, 0.3) is 0 Å². The Morgan fingerprint density at radius 1 is 0.958 bits per heavy atom. The molecule has 9 heteroatoms. The predicted octanol–water partition coefficient (Wildman–Crippen LogP) is 1.51. The third-order valence-corrected chi connectivity index (χ3v) is 3.15. The Morgan fingerprint density at radius 3 is 2.00 bits per heavy atom. The maximum absolute atomic E-state index is 11.8. The monoisotopic (exact) mass is 335 g/mol. The van der Waals surface area contributed by atoms with Crippen LogP contribution in [-0.4, -0.2) is 37.0 Å². The number of hydrogen-bond donors (Lipinski definition) is 5. The van der Waals surface area contributed by atoms with Crippen molar-refractivity contribution in [3.63, 3.8) is 0 Å². The van der Waals surface area contributed by atoms with Crippen molar-refractivity contribution in [2.24, 2.45) is 4.99 Å². The number of hydrogen-bond acceptors (Lipinski definition) is 9. The SMILES string of the molecule is CC(=O)c1c(O)oc(=O)c(C(C)=Nc2cc(O)c(O)c(O)c2)c1O. The molecule has 2 rings (SSSR count). The third kappa shape index (κ3) is 2.86. The fourth-order valence-corrected chi connectivity index (χ4v) is 2.05. The largest absolute Gasteiger partial charge is 0.506 e. The average molecular weight is 335 g/mol. The third-order valence-electron chi connectivity index (χ3n) is 3.15. The van der Waals surface area contributed by atoms with Crippen molar-refractivity contribution in [1.82, 2.24) is 0 Å². The molecule has 9 nitrogen and oxygen atoms in total. The predicted molar refractivity (Wildman–Crippen MR) is 81.6 cm³/mol. The normalized spacial score (nSPS) is 11.5. The van der Waals surface area contributed by atoms with Crippen molar-refractivity contribution in [2.45, 2.75) is 13.8 Å². The summed E-state index contributed by atoms with van der Waals surface area (Å²) in [5.74, 6) is -4.58. The average Bonchev–Trinajstić information content (AvgIpc) is 2.43. The van der Waals surface area contributed by atoms with Crippen LogP contribution in [0.5, 0.6) is 28.9 Å².